The van der Waals surface area contributed by atoms with Gasteiger partial charge in [-0.25, -0.2) is 0 Å². The van der Waals surface area contributed by atoms with Gasteiger partial charge in [0.05, 0.1) is 5.41 Å². The number of carbonyl (C=O) groups excluding carboxylic acids is 1. The van der Waals surface area contributed by atoms with E-state index in [1.807, 2.05) is 20.8 Å². The highest BCUT2D eigenvalue weighted by Crippen LogP contribution is 2.67. The summed E-state index contributed by atoms with van der Waals surface area (Å²) in [6.45, 7) is 10.7. The molecule has 2 fully saturated rings. The molecule has 0 spiro atoms. The Bertz CT molecular complexity index is 1150. The van der Waals surface area contributed by atoms with Crippen LogP contribution in [0.15, 0.2) is 91.0 Å². The molecule has 3 aromatic rings. The second-order valence-electron chi connectivity index (χ2n) is 13.2. The van der Waals surface area contributed by atoms with Crippen LogP contribution in [-0.4, -0.2) is 11.6 Å². The van der Waals surface area contributed by atoms with Gasteiger partial charge in [0.25, 0.3) is 0 Å². The van der Waals surface area contributed by atoms with Gasteiger partial charge in [-0.2, -0.15) is 0 Å². The second kappa shape index (κ2) is 8.61. The number of ether oxygens (including phenoxy) is 1. The molecule has 2 unspecified atom stereocenters. The molecule has 0 aliphatic heterocycles. The monoisotopic (exact) mass is 480 g/mol. The minimum absolute atomic E-state index is 0.0287. The number of esters is 1. The maximum Gasteiger partial charge on any atom is 0.312 e. The molecule has 3 aromatic carbocycles. The lowest BCUT2D eigenvalue weighted by atomic mass is 9.41. The fourth-order valence-electron chi connectivity index (χ4n) is 7.93. The van der Waals surface area contributed by atoms with Gasteiger partial charge in [-0.05, 0) is 85.8 Å². The first-order valence-electron chi connectivity index (χ1n) is 13.4. The Balaban J connectivity index is 1.73. The summed E-state index contributed by atoms with van der Waals surface area (Å²) in [4.78, 5) is 14.3. The minimum Gasteiger partial charge on any atom is -0.460 e. The van der Waals surface area contributed by atoms with Crippen LogP contribution in [0.1, 0.15) is 83.4 Å². The Morgan fingerprint density at radius 1 is 0.611 bits per heavy atom. The molecule has 0 N–H and O–H groups in total. The molecule has 36 heavy (non-hydrogen) atoms. The van der Waals surface area contributed by atoms with Crippen LogP contribution in [0.4, 0.5) is 0 Å². The van der Waals surface area contributed by atoms with E-state index in [4.69, 9.17) is 4.74 Å². The molecule has 0 aromatic heterocycles. The van der Waals surface area contributed by atoms with Gasteiger partial charge in [0.15, 0.2) is 0 Å². The van der Waals surface area contributed by atoms with Gasteiger partial charge in [-0.15, -0.1) is 0 Å². The van der Waals surface area contributed by atoms with Crippen molar-refractivity contribution in [1.82, 2.24) is 0 Å². The Labute approximate surface area is 217 Å². The molecular formula is C34H40O2. The third kappa shape index (κ3) is 4.40. The highest BCUT2D eigenvalue weighted by atomic mass is 16.6. The summed E-state index contributed by atoms with van der Waals surface area (Å²) in [5, 5.41) is 0. The summed E-state index contributed by atoms with van der Waals surface area (Å²) in [7, 11) is 0. The molecule has 2 saturated carbocycles. The molecule has 0 heterocycles. The van der Waals surface area contributed by atoms with E-state index in [0.717, 1.165) is 32.1 Å². The fourth-order valence-corrected chi connectivity index (χ4v) is 7.93. The fraction of sp³-hybridized carbons (Fsp3) is 0.441. The average Bonchev–Trinajstić information content (AvgIpc) is 2.84. The maximum absolute atomic E-state index is 14.3. The molecular weight excluding hydrogens is 440 g/mol. The van der Waals surface area contributed by atoms with Gasteiger partial charge in [0.1, 0.15) is 5.60 Å². The molecule has 2 heteroatoms. The van der Waals surface area contributed by atoms with E-state index in [2.05, 4.69) is 105 Å². The first-order chi connectivity index (χ1) is 17.0. The van der Waals surface area contributed by atoms with Crippen molar-refractivity contribution >= 4 is 5.97 Å². The molecule has 2 aliphatic carbocycles. The zero-order valence-corrected chi connectivity index (χ0v) is 22.5. The number of fused-ring (bicyclic) bond motifs is 2. The predicted molar refractivity (Wildman–Crippen MR) is 147 cm³/mol. The Kier molecular flexibility index (Phi) is 5.93. The summed E-state index contributed by atoms with van der Waals surface area (Å²) < 4.78 is 6.25. The lowest BCUT2D eigenvalue weighted by molar-refractivity contribution is -0.180. The molecule has 2 aliphatic rings. The quantitative estimate of drug-likeness (QED) is 0.352. The van der Waals surface area contributed by atoms with Crippen LogP contribution in [0.3, 0.4) is 0 Å². The molecule has 188 valence electrons. The minimum atomic E-state index is -0.575. The molecule has 0 radical (unpaired) electrons. The summed E-state index contributed by atoms with van der Waals surface area (Å²) in [6.07, 6.45) is 4.47. The number of carbonyl (C=O) groups is 1. The number of rotatable bonds is 4. The van der Waals surface area contributed by atoms with E-state index in [1.165, 1.54) is 16.7 Å². The first kappa shape index (κ1) is 24.8. The Hall–Kier alpha value is -2.87. The highest BCUT2D eigenvalue weighted by molar-refractivity contribution is 5.79. The molecule has 0 saturated heterocycles. The van der Waals surface area contributed by atoms with Crippen molar-refractivity contribution in [2.45, 2.75) is 88.6 Å². The van der Waals surface area contributed by atoms with E-state index in [1.54, 1.807) is 0 Å². The van der Waals surface area contributed by atoms with Crippen LogP contribution in [0.5, 0.6) is 0 Å². The number of hydrogen-bond acceptors (Lipinski definition) is 2. The Morgan fingerprint density at radius 3 is 1.39 bits per heavy atom. The first-order valence-corrected chi connectivity index (χ1v) is 13.4. The van der Waals surface area contributed by atoms with Crippen LogP contribution >= 0.6 is 0 Å². The van der Waals surface area contributed by atoms with Gasteiger partial charge in [0, 0.05) is 0 Å². The van der Waals surface area contributed by atoms with Gasteiger partial charge in [0.2, 0.25) is 0 Å². The van der Waals surface area contributed by atoms with Crippen LogP contribution in [0.2, 0.25) is 0 Å². The zero-order valence-electron chi connectivity index (χ0n) is 22.5. The van der Waals surface area contributed by atoms with Crippen molar-refractivity contribution in [3.8, 4) is 0 Å². The van der Waals surface area contributed by atoms with E-state index < -0.39 is 11.0 Å². The summed E-state index contributed by atoms with van der Waals surface area (Å²) in [5.74, 6) is -0.0287. The largest absolute Gasteiger partial charge is 0.460 e. The van der Waals surface area contributed by atoms with E-state index in [-0.39, 0.29) is 22.2 Å². The van der Waals surface area contributed by atoms with Crippen LogP contribution in [0, 0.1) is 5.41 Å². The topological polar surface area (TPSA) is 26.3 Å². The van der Waals surface area contributed by atoms with Gasteiger partial charge < -0.3 is 4.74 Å². The SMILES string of the molecule is CC(C)(C)OC(=O)C12CC(C)(c3ccccc3)CC(c3ccccc3)(C1)CC(C)(c1ccccc1)C2. The van der Waals surface area contributed by atoms with E-state index >= 15 is 0 Å². The van der Waals surface area contributed by atoms with Crippen molar-refractivity contribution in [3.05, 3.63) is 108 Å². The summed E-state index contributed by atoms with van der Waals surface area (Å²) >= 11 is 0. The molecule has 2 atom stereocenters. The van der Waals surface area contributed by atoms with E-state index in [0.29, 0.717) is 0 Å². The number of hydrogen-bond donors (Lipinski definition) is 0. The number of benzene rings is 3. The lowest BCUT2D eigenvalue weighted by Gasteiger charge is -2.62. The predicted octanol–water partition coefficient (Wildman–Crippen LogP) is 8.15. The third-order valence-corrected chi connectivity index (χ3v) is 8.75. The van der Waals surface area contributed by atoms with Crippen molar-refractivity contribution < 1.29 is 9.53 Å². The molecule has 2 bridgehead atoms. The highest BCUT2D eigenvalue weighted by Gasteiger charge is 2.64. The van der Waals surface area contributed by atoms with Crippen molar-refractivity contribution in [2.75, 3.05) is 0 Å². The summed E-state index contributed by atoms with van der Waals surface area (Å²) in [6, 6.07) is 32.7. The van der Waals surface area contributed by atoms with Crippen molar-refractivity contribution in [1.29, 1.82) is 0 Å². The second-order valence-corrected chi connectivity index (χ2v) is 13.2. The van der Waals surface area contributed by atoms with Crippen molar-refractivity contribution in [2.24, 2.45) is 5.41 Å². The zero-order chi connectivity index (χ0) is 25.7. The lowest BCUT2D eigenvalue weighted by Crippen LogP contribution is -2.60. The van der Waals surface area contributed by atoms with Gasteiger partial charge in [-0.3, -0.25) is 4.79 Å². The molecule has 2 nitrogen and oxygen atoms in total. The van der Waals surface area contributed by atoms with E-state index in [9.17, 15) is 4.79 Å². The van der Waals surface area contributed by atoms with Gasteiger partial charge in [-0.1, -0.05) is 105 Å². The maximum atomic E-state index is 14.3. The molecule has 5 rings (SSSR count). The Morgan fingerprint density at radius 2 is 1.00 bits per heavy atom. The van der Waals surface area contributed by atoms with Crippen LogP contribution < -0.4 is 0 Å². The molecule has 0 amide bonds. The average molecular weight is 481 g/mol. The van der Waals surface area contributed by atoms with Gasteiger partial charge >= 0.3 is 5.97 Å². The van der Waals surface area contributed by atoms with Crippen molar-refractivity contribution in [3.63, 3.8) is 0 Å². The normalized spacial score (nSPS) is 32.0. The van der Waals surface area contributed by atoms with Crippen LogP contribution in [0.25, 0.3) is 0 Å². The van der Waals surface area contributed by atoms with Crippen LogP contribution in [-0.2, 0) is 25.8 Å². The standard InChI is InChI=1S/C34H40O2/c1-30(2,3)36-29(35)34-23-31(4,26-15-9-6-10-16-26)21-33(25-34,28-19-13-8-14-20-28)22-32(5,24-34)27-17-11-7-12-18-27/h6-20H,21-25H2,1-5H3. The third-order valence-electron chi connectivity index (χ3n) is 8.75. The summed E-state index contributed by atoms with van der Waals surface area (Å²) in [5.41, 5.74) is 2.49. The smallest absolute Gasteiger partial charge is 0.312 e.